The number of thiophene rings is 1. The Morgan fingerprint density at radius 3 is 2.48 bits per heavy atom. The molecule has 2 aromatic rings. The number of hydrogen-bond acceptors (Lipinski definition) is 4. The Balaban J connectivity index is 1.91. The lowest BCUT2D eigenvalue weighted by atomic mass is 9.94. The predicted molar refractivity (Wildman–Crippen MR) is 95.4 cm³/mol. The van der Waals surface area contributed by atoms with Crippen LogP contribution in [0.3, 0.4) is 0 Å². The average Bonchev–Trinajstić information content (AvgIpc) is 3.14. The van der Waals surface area contributed by atoms with Crippen molar-refractivity contribution in [1.29, 1.82) is 0 Å². The van der Waals surface area contributed by atoms with Crippen LogP contribution in [0.25, 0.3) is 0 Å². The van der Waals surface area contributed by atoms with Crippen molar-refractivity contribution in [1.82, 2.24) is 10.6 Å². The van der Waals surface area contributed by atoms with Crippen molar-refractivity contribution in [3.05, 3.63) is 58.3 Å². The van der Waals surface area contributed by atoms with Crippen LogP contribution in [-0.2, 0) is 9.59 Å². The van der Waals surface area contributed by atoms with E-state index in [4.69, 9.17) is 0 Å². The van der Waals surface area contributed by atoms with E-state index in [-0.39, 0.29) is 24.8 Å². The molecule has 0 aliphatic carbocycles. The molecule has 0 aliphatic rings. The molecule has 2 rings (SSSR count). The average molecular weight is 360 g/mol. The van der Waals surface area contributed by atoms with Crippen LogP contribution in [0.5, 0.6) is 0 Å². The van der Waals surface area contributed by atoms with Crippen LogP contribution in [0, 0.1) is 5.92 Å². The van der Waals surface area contributed by atoms with Crippen molar-refractivity contribution in [3.8, 4) is 0 Å². The highest BCUT2D eigenvalue weighted by Crippen LogP contribution is 2.22. The number of carbonyl (C=O) groups excluding carboxylic acids is 2. The lowest BCUT2D eigenvalue weighted by Crippen LogP contribution is -2.37. The maximum atomic E-state index is 12.2. The smallest absolute Gasteiger partial charge is 0.308 e. The quantitative estimate of drug-likeness (QED) is 0.674. The molecule has 3 N–H and O–H groups in total. The van der Waals surface area contributed by atoms with E-state index < -0.39 is 17.9 Å². The van der Waals surface area contributed by atoms with E-state index in [1.54, 1.807) is 48.0 Å². The molecule has 0 spiro atoms. The first-order chi connectivity index (χ1) is 12.0. The first-order valence-electron chi connectivity index (χ1n) is 7.86. The molecule has 2 unspecified atom stereocenters. The van der Waals surface area contributed by atoms with Gasteiger partial charge in [-0.25, -0.2) is 0 Å². The first kappa shape index (κ1) is 18.7. The Kier molecular flexibility index (Phi) is 6.71. The first-order valence-corrected chi connectivity index (χ1v) is 8.81. The molecule has 2 atom stereocenters. The maximum absolute atomic E-state index is 12.2. The third kappa shape index (κ3) is 5.42. The molecule has 2 amide bonds. The summed E-state index contributed by atoms with van der Waals surface area (Å²) in [4.78, 5) is 35.3. The number of carboxylic acids is 1. The number of hydrogen-bond donors (Lipinski definition) is 3. The van der Waals surface area contributed by atoms with Crippen molar-refractivity contribution in [2.45, 2.75) is 19.4 Å². The third-order valence-electron chi connectivity index (χ3n) is 3.79. The van der Waals surface area contributed by atoms with Gasteiger partial charge in [0.25, 0.3) is 5.91 Å². The molecular formula is C18H20N2O4S. The molecule has 132 valence electrons. The standard InChI is InChI=1S/C18H20N2O4S/c1-12(18(23)24)16(13-5-3-2-4-6-13)20-15(21)7-9-19-17(22)14-8-10-25-11-14/h2-6,8,10-12,16H,7,9H2,1H3,(H,19,22)(H,20,21)(H,23,24). The van der Waals surface area contributed by atoms with Gasteiger partial charge in [-0.15, -0.1) is 0 Å². The maximum Gasteiger partial charge on any atom is 0.308 e. The Labute approximate surface area is 149 Å². The van der Waals surface area contributed by atoms with Gasteiger partial charge in [-0.2, -0.15) is 11.3 Å². The van der Waals surface area contributed by atoms with E-state index in [2.05, 4.69) is 10.6 Å². The van der Waals surface area contributed by atoms with Crippen molar-refractivity contribution in [2.24, 2.45) is 5.92 Å². The summed E-state index contributed by atoms with van der Waals surface area (Å²) in [5, 5.41) is 18.2. The summed E-state index contributed by atoms with van der Waals surface area (Å²) in [5.74, 6) is -2.30. The second-order valence-corrected chi connectivity index (χ2v) is 6.38. The van der Waals surface area contributed by atoms with Gasteiger partial charge < -0.3 is 15.7 Å². The molecular weight excluding hydrogens is 340 g/mol. The van der Waals surface area contributed by atoms with Crippen molar-refractivity contribution in [2.75, 3.05) is 6.54 Å². The van der Waals surface area contributed by atoms with Crippen LogP contribution in [0.15, 0.2) is 47.2 Å². The SMILES string of the molecule is CC(C(=O)O)C(NC(=O)CCNC(=O)c1ccsc1)c1ccccc1. The van der Waals surface area contributed by atoms with E-state index in [1.807, 2.05) is 6.07 Å². The van der Waals surface area contributed by atoms with Crippen molar-refractivity contribution < 1.29 is 19.5 Å². The highest BCUT2D eigenvalue weighted by atomic mass is 32.1. The summed E-state index contributed by atoms with van der Waals surface area (Å²) >= 11 is 1.42. The van der Waals surface area contributed by atoms with Crippen LogP contribution in [0.2, 0.25) is 0 Å². The van der Waals surface area contributed by atoms with E-state index in [0.29, 0.717) is 5.56 Å². The molecule has 0 aliphatic heterocycles. The van der Waals surface area contributed by atoms with E-state index >= 15 is 0 Å². The van der Waals surface area contributed by atoms with Gasteiger partial charge in [0.05, 0.1) is 12.0 Å². The predicted octanol–water partition coefficient (Wildman–Crippen LogP) is 2.45. The lowest BCUT2D eigenvalue weighted by Gasteiger charge is -2.23. The summed E-state index contributed by atoms with van der Waals surface area (Å²) in [5.41, 5.74) is 1.29. The molecule has 1 aromatic heterocycles. The van der Waals surface area contributed by atoms with Gasteiger partial charge >= 0.3 is 5.97 Å². The minimum atomic E-state index is -0.986. The molecule has 0 radical (unpaired) electrons. The van der Waals surface area contributed by atoms with Crippen LogP contribution >= 0.6 is 11.3 Å². The van der Waals surface area contributed by atoms with Gasteiger partial charge in [-0.1, -0.05) is 30.3 Å². The molecule has 0 bridgehead atoms. The van der Waals surface area contributed by atoms with E-state index in [1.165, 1.54) is 11.3 Å². The molecule has 0 fully saturated rings. The van der Waals surface area contributed by atoms with E-state index in [9.17, 15) is 19.5 Å². The topological polar surface area (TPSA) is 95.5 Å². The highest BCUT2D eigenvalue weighted by Gasteiger charge is 2.26. The summed E-state index contributed by atoms with van der Waals surface area (Å²) in [6.07, 6.45) is 0.0750. The van der Waals surface area contributed by atoms with Gasteiger partial charge in [0.15, 0.2) is 0 Å². The van der Waals surface area contributed by atoms with Crippen LogP contribution < -0.4 is 10.6 Å². The van der Waals surface area contributed by atoms with Gasteiger partial charge in [-0.05, 0) is 23.9 Å². The number of benzene rings is 1. The molecule has 1 aromatic carbocycles. The zero-order chi connectivity index (χ0) is 18.2. The second-order valence-electron chi connectivity index (χ2n) is 5.60. The zero-order valence-electron chi connectivity index (χ0n) is 13.8. The summed E-state index contributed by atoms with van der Waals surface area (Å²) < 4.78 is 0. The third-order valence-corrected chi connectivity index (χ3v) is 4.47. The summed E-state index contributed by atoms with van der Waals surface area (Å²) in [7, 11) is 0. The van der Waals surface area contributed by atoms with Gasteiger partial charge in [-0.3, -0.25) is 14.4 Å². The van der Waals surface area contributed by atoms with Crippen molar-refractivity contribution >= 4 is 29.1 Å². The van der Waals surface area contributed by atoms with Gasteiger partial charge in [0.2, 0.25) is 5.91 Å². The molecule has 0 saturated heterocycles. The Morgan fingerprint density at radius 2 is 1.88 bits per heavy atom. The molecule has 0 saturated carbocycles. The number of rotatable bonds is 8. The fourth-order valence-corrected chi connectivity index (χ4v) is 2.97. The fourth-order valence-electron chi connectivity index (χ4n) is 2.33. The second kappa shape index (κ2) is 8.98. The van der Waals surface area contributed by atoms with Gasteiger partial charge in [0.1, 0.15) is 0 Å². The number of aliphatic carboxylic acids is 1. The normalized spacial score (nSPS) is 12.8. The molecule has 25 heavy (non-hydrogen) atoms. The Morgan fingerprint density at radius 1 is 1.16 bits per heavy atom. The largest absolute Gasteiger partial charge is 0.481 e. The van der Waals surface area contributed by atoms with Crippen molar-refractivity contribution in [3.63, 3.8) is 0 Å². The summed E-state index contributed by atoms with van der Waals surface area (Å²) in [6.45, 7) is 1.74. The number of carboxylic acid groups (broad SMARTS) is 1. The highest BCUT2D eigenvalue weighted by molar-refractivity contribution is 7.08. The number of amides is 2. The zero-order valence-corrected chi connectivity index (χ0v) is 14.6. The minimum absolute atomic E-state index is 0.0750. The monoisotopic (exact) mass is 360 g/mol. The molecule has 6 nitrogen and oxygen atoms in total. The van der Waals surface area contributed by atoms with E-state index in [0.717, 1.165) is 5.56 Å². The fraction of sp³-hybridized carbons (Fsp3) is 0.278. The van der Waals surface area contributed by atoms with Crippen LogP contribution in [0.4, 0.5) is 0 Å². The minimum Gasteiger partial charge on any atom is -0.481 e. The molecule has 7 heteroatoms. The van der Waals surface area contributed by atoms with Crippen LogP contribution in [0.1, 0.15) is 35.3 Å². The Bertz CT molecular complexity index is 716. The van der Waals surface area contributed by atoms with Gasteiger partial charge in [0, 0.05) is 23.9 Å². The Hall–Kier alpha value is -2.67. The van der Waals surface area contributed by atoms with Crippen LogP contribution in [-0.4, -0.2) is 29.4 Å². The lowest BCUT2D eigenvalue weighted by molar-refractivity contribution is -0.142. The number of carbonyl (C=O) groups is 3. The number of nitrogens with one attached hydrogen (secondary N) is 2. The molecule has 1 heterocycles. The summed E-state index contributed by atoms with van der Waals surface area (Å²) in [6, 6.07) is 10.1.